The summed E-state index contributed by atoms with van der Waals surface area (Å²) in [6, 6.07) is 4.57. The summed E-state index contributed by atoms with van der Waals surface area (Å²) in [5.74, 6) is 0.103. The third-order valence-electron chi connectivity index (χ3n) is 1.71. The van der Waals surface area contributed by atoms with Gasteiger partial charge in [-0.05, 0) is 28.1 Å². The van der Waals surface area contributed by atoms with Crippen molar-refractivity contribution in [3.63, 3.8) is 0 Å². The van der Waals surface area contributed by atoms with Crippen LogP contribution in [0.25, 0.3) is 10.9 Å². The van der Waals surface area contributed by atoms with E-state index in [1.807, 2.05) is 0 Å². The van der Waals surface area contributed by atoms with Crippen molar-refractivity contribution in [2.24, 2.45) is 0 Å². The molecule has 0 amide bonds. The molecule has 1 N–H and O–H groups in total. The predicted octanol–water partition coefficient (Wildman–Crippen LogP) is 2.93. The minimum absolute atomic E-state index is 0.103. The lowest BCUT2D eigenvalue weighted by Crippen LogP contribution is -2.01. The Hall–Kier alpha value is -1.17. The number of alkyl halides is 2. The van der Waals surface area contributed by atoms with E-state index in [4.69, 9.17) is 0 Å². The van der Waals surface area contributed by atoms with Crippen molar-refractivity contribution in [1.82, 2.24) is 10.2 Å². The lowest BCUT2D eigenvalue weighted by Gasteiger charge is -2.02. The number of hydrogen-bond donors (Lipinski definition) is 1. The van der Waals surface area contributed by atoms with Gasteiger partial charge in [0.15, 0.2) is 0 Å². The van der Waals surface area contributed by atoms with Crippen LogP contribution in [0.2, 0.25) is 0 Å². The Labute approximate surface area is 86.2 Å². The summed E-state index contributed by atoms with van der Waals surface area (Å²) in [6.07, 6.45) is 0. The van der Waals surface area contributed by atoms with E-state index in [-0.39, 0.29) is 5.75 Å². The second kappa shape index (κ2) is 3.53. The molecule has 0 aliphatic heterocycles. The highest BCUT2D eigenvalue weighted by Crippen LogP contribution is 2.25. The number of rotatable bonds is 2. The van der Waals surface area contributed by atoms with Crippen LogP contribution in [-0.4, -0.2) is 16.8 Å². The Morgan fingerprint density at radius 2 is 2.21 bits per heavy atom. The standard InChI is InChI=1S/C8H5BrF2N2O/c9-7-5-2-1-4(14-8(10)11)3-6(5)12-13-7/h1-3,8H,(H,12,13). The van der Waals surface area contributed by atoms with Gasteiger partial charge in [0.25, 0.3) is 0 Å². The number of fused-ring (bicyclic) bond motifs is 1. The predicted molar refractivity (Wildman–Crippen MR) is 50.4 cm³/mol. The summed E-state index contributed by atoms with van der Waals surface area (Å²) >= 11 is 3.24. The van der Waals surface area contributed by atoms with Crippen molar-refractivity contribution in [3.05, 3.63) is 22.8 Å². The van der Waals surface area contributed by atoms with Crippen molar-refractivity contribution in [2.75, 3.05) is 0 Å². The topological polar surface area (TPSA) is 37.9 Å². The number of nitrogens with zero attached hydrogens (tertiary/aromatic N) is 1. The summed E-state index contributed by atoms with van der Waals surface area (Å²) in [4.78, 5) is 0. The largest absolute Gasteiger partial charge is 0.435 e. The molecule has 0 atom stereocenters. The summed E-state index contributed by atoms with van der Waals surface area (Å²) in [5, 5.41) is 7.40. The number of aromatic nitrogens is 2. The molecule has 14 heavy (non-hydrogen) atoms. The van der Waals surface area contributed by atoms with E-state index in [0.717, 1.165) is 9.99 Å². The maximum Gasteiger partial charge on any atom is 0.387 e. The lowest BCUT2D eigenvalue weighted by molar-refractivity contribution is -0.0497. The summed E-state index contributed by atoms with van der Waals surface area (Å²) in [6.45, 7) is -2.81. The fraction of sp³-hybridized carbons (Fsp3) is 0.125. The Morgan fingerprint density at radius 1 is 1.43 bits per heavy atom. The third-order valence-corrected chi connectivity index (χ3v) is 2.31. The van der Waals surface area contributed by atoms with E-state index < -0.39 is 6.61 Å². The SMILES string of the molecule is FC(F)Oc1ccc2c(Br)[nH]nc2c1. The fourth-order valence-electron chi connectivity index (χ4n) is 1.14. The second-order valence-electron chi connectivity index (χ2n) is 2.60. The van der Waals surface area contributed by atoms with Gasteiger partial charge in [0.1, 0.15) is 10.4 Å². The van der Waals surface area contributed by atoms with Gasteiger partial charge >= 0.3 is 6.61 Å². The van der Waals surface area contributed by atoms with Crippen LogP contribution in [0.5, 0.6) is 5.75 Å². The van der Waals surface area contributed by atoms with Crippen LogP contribution < -0.4 is 4.74 Å². The molecule has 1 heterocycles. The zero-order valence-electron chi connectivity index (χ0n) is 6.80. The maximum absolute atomic E-state index is 11.9. The molecule has 1 aromatic heterocycles. The molecule has 0 saturated heterocycles. The normalized spacial score (nSPS) is 11.1. The minimum Gasteiger partial charge on any atom is -0.435 e. The van der Waals surface area contributed by atoms with Gasteiger partial charge in [-0.25, -0.2) is 0 Å². The van der Waals surface area contributed by atoms with Crippen LogP contribution in [0.3, 0.4) is 0 Å². The van der Waals surface area contributed by atoms with Gasteiger partial charge in [-0.1, -0.05) is 0 Å². The highest BCUT2D eigenvalue weighted by molar-refractivity contribution is 9.10. The van der Waals surface area contributed by atoms with E-state index in [2.05, 4.69) is 30.9 Å². The Kier molecular flexibility index (Phi) is 2.37. The zero-order chi connectivity index (χ0) is 10.1. The average Bonchev–Trinajstić information content (AvgIpc) is 2.46. The van der Waals surface area contributed by atoms with Crippen molar-refractivity contribution >= 4 is 26.8 Å². The zero-order valence-corrected chi connectivity index (χ0v) is 8.38. The van der Waals surface area contributed by atoms with E-state index in [1.165, 1.54) is 12.1 Å². The first kappa shape index (κ1) is 9.39. The van der Waals surface area contributed by atoms with Gasteiger partial charge in [0.2, 0.25) is 0 Å². The second-order valence-corrected chi connectivity index (χ2v) is 3.39. The summed E-state index contributed by atoms with van der Waals surface area (Å²) < 4.78 is 28.7. The number of hydrogen-bond acceptors (Lipinski definition) is 2. The van der Waals surface area contributed by atoms with Crippen LogP contribution in [-0.2, 0) is 0 Å². The van der Waals surface area contributed by atoms with Gasteiger partial charge in [-0.15, -0.1) is 0 Å². The molecular formula is C8H5BrF2N2O. The molecule has 0 fully saturated rings. The first-order valence-corrected chi connectivity index (χ1v) is 4.54. The summed E-state index contributed by atoms with van der Waals surface area (Å²) in [7, 11) is 0. The first-order valence-electron chi connectivity index (χ1n) is 3.75. The van der Waals surface area contributed by atoms with Gasteiger partial charge in [0.05, 0.1) is 5.52 Å². The van der Waals surface area contributed by atoms with E-state index >= 15 is 0 Å². The highest BCUT2D eigenvalue weighted by atomic mass is 79.9. The van der Waals surface area contributed by atoms with Crippen LogP contribution in [0.4, 0.5) is 8.78 Å². The van der Waals surface area contributed by atoms with Gasteiger partial charge < -0.3 is 4.74 Å². The molecule has 3 nitrogen and oxygen atoms in total. The molecule has 0 aliphatic carbocycles. The number of aromatic amines is 1. The number of H-pyrrole nitrogens is 1. The molecule has 0 bridgehead atoms. The number of nitrogens with one attached hydrogen (secondary N) is 1. The average molecular weight is 263 g/mol. The van der Waals surface area contributed by atoms with Crippen molar-refractivity contribution < 1.29 is 13.5 Å². The Balaban J connectivity index is 2.42. The molecule has 1 aromatic carbocycles. The molecule has 0 spiro atoms. The van der Waals surface area contributed by atoms with Crippen LogP contribution >= 0.6 is 15.9 Å². The van der Waals surface area contributed by atoms with Crippen LogP contribution in [0.15, 0.2) is 22.8 Å². The lowest BCUT2D eigenvalue weighted by atomic mass is 10.2. The minimum atomic E-state index is -2.81. The Bertz CT molecular complexity index is 458. The first-order chi connectivity index (χ1) is 6.66. The number of halogens is 3. The highest BCUT2D eigenvalue weighted by Gasteiger charge is 2.07. The van der Waals surface area contributed by atoms with Crippen LogP contribution in [0, 0.1) is 0 Å². The molecule has 74 valence electrons. The van der Waals surface area contributed by atoms with E-state index in [9.17, 15) is 8.78 Å². The smallest absolute Gasteiger partial charge is 0.387 e. The van der Waals surface area contributed by atoms with Gasteiger partial charge in [-0.2, -0.15) is 13.9 Å². The van der Waals surface area contributed by atoms with Crippen molar-refractivity contribution in [3.8, 4) is 5.75 Å². The van der Waals surface area contributed by atoms with Gasteiger partial charge in [-0.3, -0.25) is 5.10 Å². The van der Waals surface area contributed by atoms with Gasteiger partial charge in [0, 0.05) is 11.5 Å². The molecule has 2 rings (SSSR count). The van der Waals surface area contributed by atoms with E-state index in [1.54, 1.807) is 6.07 Å². The Morgan fingerprint density at radius 3 is 2.93 bits per heavy atom. The fourth-order valence-corrected chi connectivity index (χ4v) is 1.56. The molecule has 0 aliphatic rings. The van der Waals surface area contributed by atoms with Crippen molar-refractivity contribution in [1.29, 1.82) is 0 Å². The van der Waals surface area contributed by atoms with Crippen LogP contribution in [0.1, 0.15) is 0 Å². The van der Waals surface area contributed by atoms with Crippen molar-refractivity contribution in [2.45, 2.75) is 6.61 Å². The maximum atomic E-state index is 11.9. The van der Waals surface area contributed by atoms with E-state index in [0.29, 0.717) is 5.52 Å². The third kappa shape index (κ3) is 1.70. The molecule has 0 radical (unpaired) electrons. The quantitative estimate of drug-likeness (QED) is 0.904. The summed E-state index contributed by atoms with van der Waals surface area (Å²) in [5.41, 5.74) is 0.579. The molecule has 0 saturated carbocycles. The molecule has 6 heteroatoms. The number of benzene rings is 1. The molecule has 0 unspecified atom stereocenters. The molecule has 2 aromatic rings. The monoisotopic (exact) mass is 262 g/mol. The molecular weight excluding hydrogens is 258 g/mol. The number of ether oxygens (including phenoxy) is 1.